The third-order valence-corrected chi connectivity index (χ3v) is 2.61. The fourth-order valence-corrected chi connectivity index (χ4v) is 1.67. The van der Waals surface area contributed by atoms with E-state index in [0.717, 1.165) is 12.1 Å². The molecular weight excluding hydrogens is 273 g/mol. The van der Waals surface area contributed by atoms with Gasteiger partial charge in [0.25, 0.3) is 0 Å². The largest absolute Gasteiger partial charge is 0.467 e. The molecule has 20 heavy (non-hydrogen) atoms. The number of rotatable bonds is 2. The quantitative estimate of drug-likeness (QED) is 0.917. The summed E-state index contributed by atoms with van der Waals surface area (Å²) in [5, 5.41) is 0. The predicted octanol–water partition coefficient (Wildman–Crippen LogP) is 2.46. The fraction of sp³-hybridized carbons (Fsp3) is 0.250. The van der Waals surface area contributed by atoms with E-state index in [4.69, 9.17) is 10.5 Å². The first-order chi connectivity index (χ1) is 9.31. The molecule has 1 heterocycles. The van der Waals surface area contributed by atoms with E-state index in [2.05, 4.69) is 15.0 Å². The van der Waals surface area contributed by atoms with Crippen LogP contribution in [0.1, 0.15) is 11.1 Å². The molecule has 106 valence electrons. The van der Waals surface area contributed by atoms with Crippen molar-refractivity contribution in [3.05, 3.63) is 29.3 Å². The van der Waals surface area contributed by atoms with Gasteiger partial charge in [-0.05, 0) is 24.6 Å². The van der Waals surface area contributed by atoms with Crippen molar-refractivity contribution >= 4 is 5.95 Å². The Morgan fingerprint density at radius 3 is 2.40 bits per heavy atom. The number of ether oxygens (including phenoxy) is 1. The summed E-state index contributed by atoms with van der Waals surface area (Å²) in [7, 11) is 1.36. The van der Waals surface area contributed by atoms with Gasteiger partial charge in [-0.1, -0.05) is 6.07 Å². The summed E-state index contributed by atoms with van der Waals surface area (Å²) in [6.07, 6.45) is -4.39. The standard InChI is InChI=1S/C12H11F3N4O/c1-6-5-7(12(13,14)15)3-4-8(6)9-17-10(16)19-11(18-9)20-2/h3-5H,1-2H3,(H2,16,17,18,19). The minimum atomic E-state index is -4.39. The number of nitrogens with two attached hydrogens (primary N) is 1. The molecule has 0 aliphatic rings. The van der Waals surface area contributed by atoms with Crippen LogP contribution in [0.15, 0.2) is 18.2 Å². The fourth-order valence-electron chi connectivity index (χ4n) is 1.67. The lowest BCUT2D eigenvalue weighted by Crippen LogP contribution is -2.06. The van der Waals surface area contributed by atoms with Gasteiger partial charge in [-0.2, -0.15) is 28.1 Å². The Labute approximate surface area is 112 Å². The summed E-state index contributed by atoms with van der Waals surface area (Å²) in [4.78, 5) is 11.6. The molecule has 0 fully saturated rings. The molecule has 0 amide bonds. The van der Waals surface area contributed by atoms with E-state index in [1.807, 2.05) is 0 Å². The van der Waals surface area contributed by atoms with Crippen molar-refractivity contribution in [2.75, 3.05) is 12.8 Å². The molecule has 0 unspecified atom stereocenters. The van der Waals surface area contributed by atoms with Crippen molar-refractivity contribution in [1.29, 1.82) is 0 Å². The maximum absolute atomic E-state index is 12.6. The van der Waals surface area contributed by atoms with Crippen LogP contribution in [0, 0.1) is 6.92 Å². The second-order valence-electron chi connectivity index (χ2n) is 4.03. The van der Waals surface area contributed by atoms with Crippen molar-refractivity contribution in [2.24, 2.45) is 0 Å². The van der Waals surface area contributed by atoms with Crippen LogP contribution < -0.4 is 10.5 Å². The number of hydrogen-bond donors (Lipinski definition) is 1. The molecule has 0 bridgehead atoms. The summed E-state index contributed by atoms with van der Waals surface area (Å²) in [6, 6.07) is 3.30. The van der Waals surface area contributed by atoms with Crippen molar-refractivity contribution in [3.63, 3.8) is 0 Å². The second-order valence-corrected chi connectivity index (χ2v) is 4.03. The van der Waals surface area contributed by atoms with Gasteiger partial charge in [0, 0.05) is 5.56 Å². The SMILES string of the molecule is COc1nc(N)nc(-c2ccc(C(F)(F)F)cc2C)n1. The van der Waals surface area contributed by atoms with E-state index in [1.54, 1.807) is 0 Å². The van der Waals surface area contributed by atoms with Crippen LogP contribution in [0.3, 0.4) is 0 Å². The van der Waals surface area contributed by atoms with Crippen LogP contribution in [0.5, 0.6) is 6.01 Å². The highest BCUT2D eigenvalue weighted by atomic mass is 19.4. The van der Waals surface area contributed by atoms with Crippen LogP contribution in [0.25, 0.3) is 11.4 Å². The Hall–Kier alpha value is -2.38. The Morgan fingerprint density at radius 2 is 1.85 bits per heavy atom. The molecule has 8 heteroatoms. The number of hydrogen-bond acceptors (Lipinski definition) is 5. The number of aromatic nitrogens is 3. The van der Waals surface area contributed by atoms with Gasteiger partial charge < -0.3 is 10.5 Å². The first-order valence-electron chi connectivity index (χ1n) is 5.55. The third-order valence-electron chi connectivity index (χ3n) is 2.61. The Balaban J connectivity index is 2.51. The number of nitrogen functional groups attached to an aromatic ring is 1. The molecule has 2 aromatic rings. The molecule has 0 saturated carbocycles. The maximum Gasteiger partial charge on any atom is 0.416 e. The van der Waals surface area contributed by atoms with Crippen LogP contribution in [-0.4, -0.2) is 22.1 Å². The molecule has 2 N–H and O–H groups in total. The van der Waals surface area contributed by atoms with Crippen LogP contribution >= 0.6 is 0 Å². The molecule has 1 aromatic heterocycles. The smallest absolute Gasteiger partial charge is 0.416 e. The summed E-state index contributed by atoms with van der Waals surface area (Å²) in [5.74, 6) is 0.103. The molecule has 2 rings (SSSR count). The number of anilines is 1. The highest BCUT2D eigenvalue weighted by Crippen LogP contribution is 2.32. The average Bonchev–Trinajstić information content (AvgIpc) is 2.36. The van der Waals surface area contributed by atoms with E-state index >= 15 is 0 Å². The Bertz CT molecular complexity index is 643. The van der Waals surface area contributed by atoms with Crippen molar-refractivity contribution in [1.82, 2.24) is 15.0 Å². The molecule has 0 aliphatic carbocycles. The molecule has 0 radical (unpaired) electrons. The maximum atomic E-state index is 12.6. The van der Waals surface area contributed by atoms with Gasteiger partial charge >= 0.3 is 12.2 Å². The third kappa shape index (κ3) is 2.79. The number of aryl methyl sites for hydroxylation is 1. The van der Waals surface area contributed by atoms with Crippen molar-refractivity contribution in [2.45, 2.75) is 13.1 Å². The van der Waals surface area contributed by atoms with Crippen LogP contribution in [0.2, 0.25) is 0 Å². The zero-order chi connectivity index (χ0) is 14.9. The Morgan fingerprint density at radius 1 is 1.15 bits per heavy atom. The highest BCUT2D eigenvalue weighted by molar-refractivity contribution is 5.61. The van der Waals surface area contributed by atoms with Gasteiger partial charge in [-0.3, -0.25) is 0 Å². The molecule has 0 saturated heterocycles. The van der Waals surface area contributed by atoms with E-state index < -0.39 is 11.7 Å². The van der Waals surface area contributed by atoms with Crippen LogP contribution in [-0.2, 0) is 6.18 Å². The van der Waals surface area contributed by atoms with Crippen molar-refractivity contribution < 1.29 is 17.9 Å². The number of nitrogens with zero attached hydrogens (tertiary/aromatic N) is 3. The number of methoxy groups -OCH3 is 1. The molecular formula is C12H11F3N4O. The average molecular weight is 284 g/mol. The predicted molar refractivity (Wildman–Crippen MR) is 66.0 cm³/mol. The summed E-state index contributed by atoms with van der Waals surface area (Å²) >= 11 is 0. The highest BCUT2D eigenvalue weighted by Gasteiger charge is 2.30. The second kappa shape index (κ2) is 4.95. The van der Waals surface area contributed by atoms with Gasteiger partial charge in [-0.15, -0.1) is 0 Å². The summed E-state index contributed by atoms with van der Waals surface area (Å²) < 4.78 is 42.7. The monoisotopic (exact) mass is 284 g/mol. The van der Waals surface area contributed by atoms with E-state index in [0.29, 0.717) is 11.1 Å². The lowest BCUT2D eigenvalue weighted by molar-refractivity contribution is -0.137. The first-order valence-corrected chi connectivity index (χ1v) is 5.55. The summed E-state index contributed by atoms with van der Waals surface area (Å²) in [6.45, 7) is 1.54. The van der Waals surface area contributed by atoms with Gasteiger partial charge in [-0.25, -0.2) is 0 Å². The lowest BCUT2D eigenvalue weighted by atomic mass is 10.0. The van der Waals surface area contributed by atoms with Gasteiger partial charge in [0.05, 0.1) is 12.7 Å². The van der Waals surface area contributed by atoms with Gasteiger partial charge in [0.2, 0.25) is 5.95 Å². The summed E-state index contributed by atoms with van der Waals surface area (Å²) in [5.41, 5.74) is 5.59. The Kier molecular flexibility index (Phi) is 3.47. The zero-order valence-electron chi connectivity index (χ0n) is 10.7. The van der Waals surface area contributed by atoms with Gasteiger partial charge in [0.15, 0.2) is 5.82 Å². The topological polar surface area (TPSA) is 73.9 Å². The molecule has 0 atom stereocenters. The minimum Gasteiger partial charge on any atom is -0.467 e. The number of benzene rings is 1. The normalized spacial score (nSPS) is 11.4. The molecule has 0 spiro atoms. The minimum absolute atomic E-state index is 0.00629. The molecule has 5 nitrogen and oxygen atoms in total. The van der Waals surface area contributed by atoms with E-state index in [9.17, 15) is 13.2 Å². The zero-order valence-corrected chi connectivity index (χ0v) is 10.7. The number of halogens is 3. The van der Waals surface area contributed by atoms with Crippen molar-refractivity contribution in [3.8, 4) is 17.4 Å². The molecule has 0 aliphatic heterocycles. The van der Waals surface area contributed by atoms with E-state index in [1.165, 1.54) is 20.1 Å². The van der Waals surface area contributed by atoms with Crippen LogP contribution in [0.4, 0.5) is 19.1 Å². The first kappa shape index (κ1) is 14.0. The van der Waals surface area contributed by atoms with E-state index in [-0.39, 0.29) is 17.8 Å². The van der Waals surface area contributed by atoms with Gasteiger partial charge in [0.1, 0.15) is 0 Å². The lowest BCUT2D eigenvalue weighted by Gasteiger charge is -2.10. The molecule has 1 aromatic carbocycles. The number of alkyl halides is 3.